The van der Waals surface area contributed by atoms with Crippen LogP contribution in [-0.2, 0) is 19.9 Å². The van der Waals surface area contributed by atoms with Crippen molar-refractivity contribution in [1.82, 2.24) is 15.1 Å². The molecule has 0 aliphatic carbocycles. The van der Waals surface area contributed by atoms with Crippen molar-refractivity contribution < 1.29 is 0 Å². The second kappa shape index (κ2) is 7.10. The van der Waals surface area contributed by atoms with E-state index >= 15 is 0 Å². The zero-order chi connectivity index (χ0) is 15.4. The first kappa shape index (κ1) is 16.1. The molecule has 2 rings (SSSR count). The lowest BCUT2D eigenvalue weighted by Crippen LogP contribution is -2.29. The number of aryl methyl sites for hydroxylation is 4. The van der Waals surface area contributed by atoms with Gasteiger partial charge < -0.3 is 5.32 Å². The Morgan fingerprint density at radius 2 is 2.00 bits per heavy atom. The van der Waals surface area contributed by atoms with Crippen LogP contribution >= 0.6 is 11.6 Å². The molecule has 21 heavy (non-hydrogen) atoms. The van der Waals surface area contributed by atoms with Crippen LogP contribution in [0.3, 0.4) is 0 Å². The van der Waals surface area contributed by atoms with Gasteiger partial charge in [-0.1, -0.05) is 35.9 Å². The van der Waals surface area contributed by atoms with Crippen LogP contribution in [0.2, 0.25) is 5.02 Å². The van der Waals surface area contributed by atoms with Crippen molar-refractivity contribution in [2.24, 2.45) is 7.05 Å². The number of halogens is 1. The third-order valence-corrected chi connectivity index (χ3v) is 4.62. The molecule has 2 aromatic rings. The van der Waals surface area contributed by atoms with Crippen LogP contribution in [0.1, 0.15) is 28.9 Å². The Morgan fingerprint density at radius 3 is 2.57 bits per heavy atom. The molecule has 0 fully saturated rings. The molecule has 3 nitrogen and oxygen atoms in total. The maximum atomic E-state index is 6.35. The molecule has 0 aliphatic heterocycles. The molecule has 0 radical (unpaired) electrons. The molecule has 0 saturated carbocycles. The van der Waals surface area contributed by atoms with Crippen molar-refractivity contribution in [3.63, 3.8) is 0 Å². The lowest BCUT2D eigenvalue weighted by Gasteiger charge is -2.17. The molecule has 1 aromatic heterocycles. The third kappa shape index (κ3) is 3.86. The third-order valence-electron chi connectivity index (χ3n) is 4.13. The van der Waals surface area contributed by atoms with Gasteiger partial charge in [0.15, 0.2) is 0 Å². The number of rotatable bonds is 6. The van der Waals surface area contributed by atoms with Gasteiger partial charge in [-0.15, -0.1) is 0 Å². The van der Waals surface area contributed by atoms with E-state index in [1.165, 1.54) is 11.1 Å². The van der Waals surface area contributed by atoms with E-state index < -0.39 is 0 Å². The van der Waals surface area contributed by atoms with Crippen LogP contribution in [-0.4, -0.2) is 22.9 Å². The SMILES string of the molecule is CNC(CCc1ccccc1C)Cc1c(Cl)c(C)nn1C. The van der Waals surface area contributed by atoms with E-state index in [2.05, 4.69) is 41.6 Å². The fourth-order valence-electron chi connectivity index (χ4n) is 2.70. The monoisotopic (exact) mass is 305 g/mol. The number of benzene rings is 1. The summed E-state index contributed by atoms with van der Waals surface area (Å²) >= 11 is 6.35. The van der Waals surface area contributed by atoms with E-state index in [1.54, 1.807) is 0 Å². The maximum absolute atomic E-state index is 6.35. The fraction of sp³-hybridized carbons (Fsp3) is 0.471. The highest BCUT2D eigenvalue weighted by molar-refractivity contribution is 6.31. The van der Waals surface area contributed by atoms with Crippen molar-refractivity contribution in [3.8, 4) is 0 Å². The van der Waals surface area contributed by atoms with Crippen LogP contribution in [0.15, 0.2) is 24.3 Å². The number of hydrogen-bond acceptors (Lipinski definition) is 2. The molecule has 0 amide bonds. The molecule has 1 aromatic carbocycles. The molecule has 0 saturated heterocycles. The Hall–Kier alpha value is -1.32. The molecule has 0 bridgehead atoms. The number of aromatic nitrogens is 2. The molecule has 0 aliphatic rings. The number of nitrogens with zero attached hydrogens (tertiary/aromatic N) is 2. The first-order valence-corrected chi connectivity index (χ1v) is 7.80. The second-order valence-corrected chi connectivity index (χ2v) is 6.00. The van der Waals surface area contributed by atoms with E-state index in [9.17, 15) is 0 Å². The predicted molar refractivity (Wildman–Crippen MR) is 89.0 cm³/mol. The summed E-state index contributed by atoms with van der Waals surface area (Å²) in [5.41, 5.74) is 4.80. The van der Waals surface area contributed by atoms with Crippen LogP contribution in [0.4, 0.5) is 0 Å². The van der Waals surface area contributed by atoms with Gasteiger partial charge in [-0.3, -0.25) is 4.68 Å². The zero-order valence-corrected chi connectivity index (χ0v) is 14.0. The summed E-state index contributed by atoms with van der Waals surface area (Å²) in [4.78, 5) is 0. The average Bonchev–Trinajstić information content (AvgIpc) is 2.70. The minimum Gasteiger partial charge on any atom is -0.317 e. The smallest absolute Gasteiger partial charge is 0.0847 e. The van der Waals surface area contributed by atoms with Crippen molar-refractivity contribution >= 4 is 11.6 Å². The summed E-state index contributed by atoms with van der Waals surface area (Å²) < 4.78 is 1.90. The molecule has 4 heteroatoms. The minimum absolute atomic E-state index is 0.400. The molecular formula is C17H24ClN3. The molecule has 1 heterocycles. The van der Waals surface area contributed by atoms with Crippen LogP contribution in [0, 0.1) is 13.8 Å². The fourth-order valence-corrected chi connectivity index (χ4v) is 2.94. The lowest BCUT2D eigenvalue weighted by atomic mass is 9.98. The normalized spacial score (nSPS) is 12.6. The van der Waals surface area contributed by atoms with Gasteiger partial charge in [0.2, 0.25) is 0 Å². The number of hydrogen-bond donors (Lipinski definition) is 1. The van der Waals surface area contributed by atoms with Crippen molar-refractivity contribution in [2.75, 3.05) is 7.05 Å². The molecule has 1 unspecified atom stereocenters. The van der Waals surface area contributed by atoms with Gasteiger partial charge in [0.05, 0.1) is 16.4 Å². The highest BCUT2D eigenvalue weighted by Crippen LogP contribution is 2.22. The van der Waals surface area contributed by atoms with Crippen molar-refractivity contribution in [2.45, 2.75) is 39.2 Å². The number of nitrogens with one attached hydrogen (secondary N) is 1. The molecule has 1 atom stereocenters. The molecule has 114 valence electrons. The highest BCUT2D eigenvalue weighted by Gasteiger charge is 2.16. The van der Waals surface area contributed by atoms with Crippen LogP contribution < -0.4 is 5.32 Å². The summed E-state index contributed by atoms with van der Waals surface area (Å²) in [6.45, 7) is 4.12. The maximum Gasteiger partial charge on any atom is 0.0847 e. The Morgan fingerprint density at radius 1 is 1.29 bits per heavy atom. The van der Waals surface area contributed by atoms with E-state index in [1.807, 2.05) is 25.7 Å². The average molecular weight is 306 g/mol. The largest absolute Gasteiger partial charge is 0.317 e. The van der Waals surface area contributed by atoms with Gasteiger partial charge in [-0.25, -0.2) is 0 Å². The van der Waals surface area contributed by atoms with Crippen LogP contribution in [0.25, 0.3) is 0 Å². The van der Waals surface area contributed by atoms with Crippen molar-refractivity contribution in [1.29, 1.82) is 0 Å². The van der Waals surface area contributed by atoms with Gasteiger partial charge in [-0.2, -0.15) is 5.10 Å². The zero-order valence-electron chi connectivity index (χ0n) is 13.3. The first-order valence-electron chi connectivity index (χ1n) is 7.42. The van der Waals surface area contributed by atoms with Gasteiger partial charge in [0.25, 0.3) is 0 Å². The Kier molecular flexibility index (Phi) is 5.43. The predicted octanol–water partition coefficient (Wildman–Crippen LogP) is 3.45. The highest BCUT2D eigenvalue weighted by atomic mass is 35.5. The minimum atomic E-state index is 0.400. The summed E-state index contributed by atoms with van der Waals surface area (Å²) in [5.74, 6) is 0. The summed E-state index contributed by atoms with van der Waals surface area (Å²) in [6.07, 6.45) is 3.06. The Bertz CT molecular complexity index is 604. The standard InChI is InChI=1S/C17H24ClN3/c1-12-7-5-6-8-14(12)9-10-15(19-3)11-16-17(18)13(2)20-21(16)4/h5-8,15,19H,9-11H2,1-4H3. The van der Waals surface area contributed by atoms with E-state index in [-0.39, 0.29) is 0 Å². The van der Waals surface area contributed by atoms with E-state index in [0.29, 0.717) is 6.04 Å². The molecular weight excluding hydrogens is 282 g/mol. The van der Waals surface area contributed by atoms with E-state index in [4.69, 9.17) is 11.6 Å². The summed E-state index contributed by atoms with van der Waals surface area (Å²) in [6, 6.07) is 8.98. The molecule has 0 spiro atoms. The van der Waals surface area contributed by atoms with Gasteiger partial charge >= 0.3 is 0 Å². The quantitative estimate of drug-likeness (QED) is 0.886. The summed E-state index contributed by atoms with van der Waals surface area (Å²) in [7, 11) is 3.97. The van der Waals surface area contributed by atoms with Gasteiger partial charge in [0, 0.05) is 19.5 Å². The van der Waals surface area contributed by atoms with Gasteiger partial charge in [-0.05, 0) is 44.9 Å². The lowest BCUT2D eigenvalue weighted by molar-refractivity contribution is 0.503. The van der Waals surface area contributed by atoms with Gasteiger partial charge in [0.1, 0.15) is 0 Å². The Labute approximate surface area is 132 Å². The second-order valence-electron chi connectivity index (χ2n) is 5.62. The number of likely N-dealkylation sites (N-methyl/N-ethyl adjacent to an activating group) is 1. The van der Waals surface area contributed by atoms with Crippen LogP contribution in [0.5, 0.6) is 0 Å². The van der Waals surface area contributed by atoms with Crippen molar-refractivity contribution in [3.05, 3.63) is 51.8 Å². The van der Waals surface area contributed by atoms with E-state index in [0.717, 1.165) is 35.7 Å². The molecule has 1 N–H and O–H groups in total. The first-order chi connectivity index (χ1) is 10.0. The Balaban J connectivity index is 2.02. The summed E-state index contributed by atoms with van der Waals surface area (Å²) in [5, 5.41) is 8.59. The topological polar surface area (TPSA) is 29.9 Å².